The van der Waals surface area contributed by atoms with E-state index in [4.69, 9.17) is 9.47 Å². The molecule has 0 bridgehead atoms. The highest BCUT2D eigenvalue weighted by Gasteiger charge is 2.20. The number of benzene rings is 2. The maximum absolute atomic E-state index is 13.6. The molecule has 3 aromatic carbocycles. The molecule has 0 aliphatic heterocycles. The molecule has 0 N–H and O–H groups in total. The normalized spacial score (nSPS) is 10.2. The van der Waals surface area contributed by atoms with Crippen molar-refractivity contribution < 1.29 is 14.3 Å². The van der Waals surface area contributed by atoms with E-state index < -0.39 is 0 Å². The van der Waals surface area contributed by atoms with Crippen molar-refractivity contribution in [3.63, 3.8) is 0 Å². The Morgan fingerprint density at radius 1 is 0.714 bits per heavy atom. The Morgan fingerprint density at radius 3 is 2.04 bits per heavy atom. The Hall–Kier alpha value is -3.33. The first kappa shape index (κ1) is 19.4. The molecule has 3 rings (SSSR count). The fourth-order valence-corrected chi connectivity index (χ4v) is 3.33. The zero-order valence-electron chi connectivity index (χ0n) is 16.4. The quantitative estimate of drug-likeness (QED) is 0.533. The summed E-state index contributed by atoms with van der Waals surface area (Å²) < 4.78 is 11.3. The minimum atomic E-state index is -0.131. The number of ether oxygens (including phenoxy) is 2. The molecule has 3 heteroatoms. The maximum Gasteiger partial charge on any atom is 0.200 e. The lowest BCUT2D eigenvalue weighted by atomic mass is 9.97. The topological polar surface area (TPSA) is 35.5 Å². The molecule has 28 heavy (non-hydrogen) atoms. The van der Waals surface area contributed by atoms with Gasteiger partial charge in [-0.3, -0.25) is 4.79 Å². The lowest BCUT2D eigenvalue weighted by Crippen LogP contribution is -2.07. The largest absolute Gasteiger partial charge is 0.496 e. The van der Waals surface area contributed by atoms with Crippen LogP contribution in [0.3, 0.4) is 0 Å². The fourth-order valence-electron chi connectivity index (χ4n) is 3.33. The van der Waals surface area contributed by atoms with Crippen molar-refractivity contribution in [2.45, 2.75) is 13.3 Å². The van der Waals surface area contributed by atoms with Crippen LogP contribution in [-0.4, -0.2) is 20.0 Å². The van der Waals surface area contributed by atoms with Gasteiger partial charge in [-0.15, -0.1) is 0 Å². The van der Waals surface area contributed by atoms with Crippen molar-refractivity contribution in [2.24, 2.45) is 0 Å². The van der Waals surface area contributed by atoms with Gasteiger partial charge >= 0.3 is 0 Å². The number of rotatable bonds is 5. The Balaban J connectivity index is 2.29. The Morgan fingerprint density at radius 2 is 1.32 bits per heavy atom. The summed E-state index contributed by atoms with van der Waals surface area (Å²) in [6.45, 7) is 2.04. The van der Waals surface area contributed by atoms with E-state index in [0.717, 1.165) is 22.8 Å². The van der Waals surface area contributed by atoms with Crippen molar-refractivity contribution in [3.05, 3.63) is 95.6 Å². The van der Waals surface area contributed by atoms with Crippen molar-refractivity contribution in [2.75, 3.05) is 14.2 Å². The number of hydrogen-bond donors (Lipinski definition) is 0. The van der Waals surface area contributed by atoms with Gasteiger partial charge in [0.15, 0.2) is 0 Å². The van der Waals surface area contributed by atoms with Gasteiger partial charge in [0.05, 0.1) is 25.3 Å². The first-order valence-corrected chi connectivity index (χ1v) is 9.30. The van der Waals surface area contributed by atoms with E-state index in [2.05, 4.69) is 0 Å². The van der Waals surface area contributed by atoms with Crippen molar-refractivity contribution >= 4 is 16.6 Å². The summed E-state index contributed by atoms with van der Waals surface area (Å²) in [5.74, 6) is 1.03. The molecular weight excluding hydrogens is 348 g/mol. The maximum atomic E-state index is 13.6. The van der Waals surface area contributed by atoms with Crippen molar-refractivity contribution in [3.8, 4) is 11.5 Å². The first-order chi connectivity index (χ1) is 13.7. The zero-order valence-corrected chi connectivity index (χ0v) is 16.4. The second-order valence-electron chi connectivity index (χ2n) is 6.32. The third-order valence-corrected chi connectivity index (χ3v) is 4.70. The minimum Gasteiger partial charge on any atom is -0.496 e. The van der Waals surface area contributed by atoms with Gasteiger partial charge in [-0.25, -0.2) is 0 Å². The average molecular weight is 372 g/mol. The van der Waals surface area contributed by atoms with E-state index in [9.17, 15) is 4.79 Å². The van der Waals surface area contributed by atoms with Gasteiger partial charge in [0, 0.05) is 5.39 Å². The second-order valence-corrected chi connectivity index (χ2v) is 6.32. The molecule has 0 heterocycles. The third kappa shape index (κ3) is 3.84. The van der Waals surface area contributed by atoms with Crippen LogP contribution in [0, 0.1) is 0 Å². The second kappa shape index (κ2) is 9.05. The molecule has 0 atom stereocenters. The molecule has 0 aromatic heterocycles. The van der Waals surface area contributed by atoms with Gasteiger partial charge in [0.2, 0.25) is 5.78 Å². The molecule has 0 saturated heterocycles. The van der Waals surface area contributed by atoms with E-state index in [1.807, 2.05) is 79.7 Å². The van der Waals surface area contributed by atoms with Gasteiger partial charge in [0.1, 0.15) is 11.5 Å². The third-order valence-electron chi connectivity index (χ3n) is 4.70. The van der Waals surface area contributed by atoms with Crippen LogP contribution in [0.5, 0.6) is 11.5 Å². The predicted molar refractivity (Wildman–Crippen MR) is 114 cm³/mol. The molecule has 0 fully saturated rings. The molecule has 0 spiro atoms. The van der Waals surface area contributed by atoms with Gasteiger partial charge in [-0.05, 0) is 29.5 Å². The summed E-state index contributed by atoms with van der Waals surface area (Å²) in [6.07, 6.45) is 0.747. The molecule has 3 aromatic rings. The Labute approximate surface area is 165 Å². The lowest BCUT2D eigenvalue weighted by Gasteiger charge is -2.14. The number of ketones is 1. The van der Waals surface area contributed by atoms with Crippen LogP contribution in [-0.2, 0) is 6.42 Å². The van der Waals surface area contributed by atoms with Crippen molar-refractivity contribution in [1.82, 2.24) is 0 Å². The highest BCUT2D eigenvalue weighted by molar-refractivity contribution is 6.15. The molecule has 0 aliphatic carbocycles. The van der Waals surface area contributed by atoms with Crippen LogP contribution in [0.25, 0.3) is 10.8 Å². The molecule has 3 nitrogen and oxygen atoms in total. The van der Waals surface area contributed by atoms with E-state index in [1.54, 1.807) is 20.3 Å². The monoisotopic (exact) mass is 372 g/mol. The van der Waals surface area contributed by atoms with Crippen LogP contribution < -0.4 is 9.47 Å². The standard InChI is InChI=1S/C25H24O3/c1-4-18-12-8-6-5-7-9-15-21(24(18)27-2)23(26)22-17-16-19-13-10-11-14-20(19)25(22)28-3/h5-17H,4H2,1-3H3. The summed E-state index contributed by atoms with van der Waals surface area (Å²) in [5, 5.41) is 1.94. The van der Waals surface area contributed by atoms with Crippen LogP contribution >= 0.6 is 0 Å². The number of carbonyl (C=O) groups excluding carboxylic acids is 1. The summed E-state index contributed by atoms with van der Waals surface area (Å²) in [7, 11) is 3.20. The van der Waals surface area contributed by atoms with Crippen LogP contribution in [0.2, 0.25) is 0 Å². The molecule has 0 aliphatic rings. The molecule has 0 radical (unpaired) electrons. The van der Waals surface area contributed by atoms with Crippen molar-refractivity contribution in [1.29, 1.82) is 0 Å². The van der Waals surface area contributed by atoms with E-state index >= 15 is 0 Å². The van der Waals surface area contributed by atoms with Gasteiger partial charge in [-0.2, -0.15) is 0 Å². The van der Waals surface area contributed by atoms with Crippen LogP contribution in [0.4, 0.5) is 0 Å². The van der Waals surface area contributed by atoms with E-state index in [0.29, 0.717) is 22.6 Å². The Bertz CT molecular complexity index is 1050. The number of carbonyl (C=O) groups is 1. The lowest BCUT2D eigenvalue weighted by molar-refractivity contribution is 0.103. The smallest absolute Gasteiger partial charge is 0.200 e. The number of fused-ring (bicyclic) bond motifs is 1. The average Bonchev–Trinajstić information content (AvgIpc) is 2.74. The molecule has 0 unspecified atom stereocenters. The summed E-state index contributed by atoms with van der Waals surface area (Å²) in [6, 6.07) is 25.0. The molecule has 142 valence electrons. The van der Waals surface area contributed by atoms with E-state index in [1.165, 1.54) is 0 Å². The van der Waals surface area contributed by atoms with Gasteiger partial charge < -0.3 is 9.47 Å². The highest BCUT2D eigenvalue weighted by Crippen LogP contribution is 2.33. The van der Waals surface area contributed by atoms with Gasteiger partial charge in [-0.1, -0.05) is 73.7 Å². The van der Waals surface area contributed by atoms with Crippen LogP contribution in [0.15, 0.2) is 78.9 Å². The predicted octanol–water partition coefficient (Wildman–Crippen LogP) is 5.77. The van der Waals surface area contributed by atoms with Crippen LogP contribution in [0.1, 0.15) is 28.4 Å². The number of aryl methyl sites for hydroxylation is 1. The summed E-state index contributed by atoms with van der Waals surface area (Å²) in [4.78, 5) is 13.6. The van der Waals surface area contributed by atoms with E-state index in [-0.39, 0.29) is 5.78 Å². The summed E-state index contributed by atoms with van der Waals surface area (Å²) >= 11 is 0. The Kier molecular flexibility index (Phi) is 6.28. The number of methoxy groups -OCH3 is 2. The molecule has 0 saturated carbocycles. The fraction of sp³-hybridized carbons (Fsp3) is 0.160. The highest BCUT2D eigenvalue weighted by atomic mass is 16.5. The SMILES string of the molecule is CCc1cccccccc(C(=O)c2ccc3ccccc3c2OC)c1OC. The molecule has 0 amide bonds. The summed E-state index contributed by atoms with van der Waals surface area (Å²) in [5.41, 5.74) is 1.98. The first-order valence-electron chi connectivity index (χ1n) is 9.30. The van der Waals surface area contributed by atoms with Gasteiger partial charge in [0.25, 0.3) is 0 Å². The zero-order chi connectivity index (χ0) is 19.9. The molecular formula is C25H24O3. The number of hydrogen-bond acceptors (Lipinski definition) is 3. The minimum absolute atomic E-state index is 0.131.